The topological polar surface area (TPSA) is 112 Å². The van der Waals surface area contributed by atoms with Gasteiger partial charge in [-0.05, 0) is 91.4 Å². The van der Waals surface area contributed by atoms with Gasteiger partial charge in [-0.25, -0.2) is 9.18 Å². The van der Waals surface area contributed by atoms with Crippen molar-refractivity contribution in [2.24, 2.45) is 7.05 Å². The lowest BCUT2D eigenvalue weighted by atomic mass is 9.93. The van der Waals surface area contributed by atoms with Crippen LogP contribution in [0.1, 0.15) is 45.0 Å². The van der Waals surface area contributed by atoms with Crippen molar-refractivity contribution >= 4 is 39.4 Å². The summed E-state index contributed by atoms with van der Waals surface area (Å²) in [5.74, 6) is 1.34. The monoisotopic (exact) mass is 692 g/mol. The largest absolute Gasteiger partial charge is 0.497 e. The number of fused-ring (bicyclic) bond motifs is 2. The summed E-state index contributed by atoms with van der Waals surface area (Å²) < 4.78 is 34.7. The summed E-state index contributed by atoms with van der Waals surface area (Å²) in [6.45, 7) is 4.16. The highest BCUT2D eigenvalue weighted by atomic mass is 32.2. The number of aryl methyl sites for hydroxylation is 3. The molecule has 0 fully saturated rings. The Morgan fingerprint density at radius 2 is 1.82 bits per heavy atom. The number of thioether (sulfide) groups is 1. The summed E-state index contributed by atoms with van der Waals surface area (Å²) in [5, 5.41) is 27.1. The van der Waals surface area contributed by atoms with Crippen LogP contribution in [0.25, 0.3) is 32.8 Å². The zero-order valence-electron chi connectivity index (χ0n) is 28.5. The fraction of sp³-hybridized carbons (Fsp3) is 0.256. The summed E-state index contributed by atoms with van der Waals surface area (Å²) in [6, 6.07) is 22.4. The Balaban J connectivity index is 1.31. The van der Waals surface area contributed by atoms with Gasteiger partial charge in [-0.3, -0.25) is 4.68 Å². The molecular formula is C39H37FN4O5S. The number of carbonyl (C=O) groups excluding carboxylic acids is 1. The normalized spacial score (nSPS) is 11.2. The van der Waals surface area contributed by atoms with Crippen LogP contribution in [0, 0.1) is 31.0 Å². The summed E-state index contributed by atoms with van der Waals surface area (Å²) in [5.41, 5.74) is 5.87. The Morgan fingerprint density at radius 1 is 1.04 bits per heavy atom. The predicted molar refractivity (Wildman–Crippen MR) is 192 cm³/mol. The molecule has 11 heteroatoms. The van der Waals surface area contributed by atoms with Gasteiger partial charge < -0.3 is 23.9 Å². The molecule has 0 unspecified atom stereocenters. The van der Waals surface area contributed by atoms with Gasteiger partial charge in [-0.1, -0.05) is 12.1 Å². The number of hydrogen-bond acceptors (Lipinski definition) is 8. The van der Waals surface area contributed by atoms with Crippen molar-refractivity contribution in [2.75, 3.05) is 20.8 Å². The molecule has 0 spiro atoms. The van der Waals surface area contributed by atoms with E-state index in [1.54, 1.807) is 42.7 Å². The molecule has 2 aromatic heterocycles. The average Bonchev–Trinajstić information content (AvgIpc) is 3.58. The van der Waals surface area contributed by atoms with Crippen LogP contribution in [0.4, 0.5) is 4.39 Å². The van der Waals surface area contributed by atoms with Crippen molar-refractivity contribution < 1.29 is 28.5 Å². The number of esters is 1. The summed E-state index contributed by atoms with van der Waals surface area (Å²) in [7, 11) is 4.77. The number of benzene rings is 4. The number of halogens is 1. The second-order valence-corrected chi connectivity index (χ2v) is 13.0. The molecule has 1 N–H and O–H groups in total. The van der Waals surface area contributed by atoms with Gasteiger partial charge in [-0.15, -0.1) is 11.8 Å². The summed E-state index contributed by atoms with van der Waals surface area (Å²) >= 11 is 1.63. The standard InChI is InChI=1S/C39H37FN4O5S/c1-23-35-33(14-9-26(20-41)37(35)36-24(2)43(3)42-32(36)21-45)44(38(23)39(46)48-5)15-6-16-49-34-19-30(18-27-17-28(40)10-13-31(27)34)50-22-25-7-11-29(47-4)12-8-25/h7-14,17-19,45H,6,15-16,21-22H2,1-5H3. The molecule has 0 aliphatic heterocycles. The maximum absolute atomic E-state index is 14.3. The highest BCUT2D eigenvalue weighted by Crippen LogP contribution is 2.41. The second kappa shape index (κ2) is 14.7. The van der Waals surface area contributed by atoms with Crippen LogP contribution in [0.5, 0.6) is 11.5 Å². The minimum Gasteiger partial charge on any atom is -0.497 e. The average molecular weight is 693 g/mol. The Kier molecular flexibility index (Phi) is 10.1. The van der Waals surface area contributed by atoms with Crippen molar-refractivity contribution in [3.63, 3.8) is 0 Å². The van der Waals surface area contributed by atoms with Gasteiger partial charge in [0.1, 0.15) is 23.0 Å². The number of ether oxygens (including phenoxy) is 3. The van der Waals surface area contributed by atoms with Crippen molar-refractivity contribution in [1.82, 2.24) is 14.3 Å². The van der Waals surface area contributed by atoms with E-state index >= 15 is 0 Å². The first-order valence-electron chi connectivity index (χ1n) is 16.1. The fourth-order valence-electron chi connectivity index (χ4n) is 6.47. The number of aliphatic hydroxyl groups excluding tert-OH is 1. The molecule has 0 aliphatic rings. The van der Waals surface area contributed by atoms with E-state index in [9.17, 15) is 19.6 Å². The SMILES string of the molecule is COC(=O)c1c(C)c2c(-c3c(CO)nn(C)c3C)c(C#N)ccc2n1CCCOc1cc(SCc2ccc(OC)cc2)cc2cc(F)ccc12. The molecule has 0 amide bonds. The first kappa shape index (κ1) is 34.5. The maximum Gasteiger partial charge on any atom is 0.354 e. The molecule has 9 nitrogen and oxygen atoms in total. The number of rotatable bonds is 12. The smallest absolute Gasteiger partial charge is 0.354 e. The molecule has 0 bridgehead atoms. The fourth-order valence-corrected chi connectivity index (χ4v) is 7.40. The first-order chi connectivity index (χ1) is 24.2. The van der Waals surface area contributed by atoms with Gasteiger partial charge >= 0.3 is 5.97 Å². The van der Waals surface area contributed by atoms with Gasteiger partial charge in [0, 0.05) is 57.4 Å². The van der Waals surface area contributed by atoms with Gasteiger partial charge in [0.2, 0.25) is 0 Å². The lowest BCUT2D eigenvalue weighted by Crippen LogP contribution is -2.13. The predicted octanol–water partition coefficient (Wildman–Crippen LogP) is 7.87. The molecule has 0 saturated carbocycles. The van der Waals surface area contributed by atoms with Crippen LogP contribution >= 0.6 is 11.8 Å². The minimum atomic E-state index is -0.496. The van der Waals surface area contributed by atoms with E-state index < -0.39 is 5.97 Å². The van der Waals surface area contributed by atoms with E-state index in [0.29, 0.717) is 64.7 Å². The Morgan fingerprint density at radius 3 is 2.52 bits per heavy atom. The number of aliphatic hydroxyl groups is 1. The summed E-state index contributed by atoms with van der Waals surface area (Å²) in [4.78, 5) is 14.2. The number of hydrogen-bond donors (Lipinski definition) is 1. The Hall–Kier alpha value is -5.31. The van der Waals surface area contributed by atoms with Crippen molar-refractivity contribution in [1.29, 1.82) is 5.26 Å². The molecule has 50 heavy (non-hydrogen) atoms. The number of methoxy groups -OCH3 is 2. The number of aromatic nitrogens is 3. The van der Waals surface area contributed by atoms with Crippen LogP contribution < -0.4 is 9.47 Å². The Labute approximate surface area is 293 Å². The van der Waals surface area contributed by atoms with Crippen LogP contribution in [0.3, 0.4) is 0 Å². The summed E-state index contributed by atoms with van der Waals surface area (Å²) in [6.07, 6.45) is 0.530. The van der Waals surface area contributed by atoms with Crippen LogP contribution in [-0.2, 0) is 30.7 Å². The van der Waals surface area contributed by atoms with Crippen LogP contribution in [0.15, 0.2) is 71.6 Å². The van der Waals surface area contributed by atoms with Gasteiger partial charge in [0.05, 0.1) is 44.8 Å². The molecule has 6 aromatic rings. The molecule has 0 saturated heterocycles. The zero-order valence-corrected chi connectivity index (χ0v) is 29.4. The van der Waals surface area contributed by atoms with E-state index in [4.69, 9.17) is 14.2 Å². The van der Waals surface area contributed by atoms with E-state index in [-0.39, 0.29) is 12.4 Å². The third-order valence-electron chi connectivity index (χ3n) is 8.98. The van der Waals surface area contributed by atoms with Crippen molar-refractivity contribution in [3.05, 3.63) is 106 Å². The van der Waals surface area contributed by atoms with Gasteiger partial charge in [-0.2, -0.15) is 10.4 Å². The molecule has 256 valence electrons. The van der Waals surface area contributed by atoms with Gasteiger partial charge in [0.25, 0.3) is 0 Å². The van der Waals surface area contributed by atoms with E-state index in [0.717, 1.165) is 43.6 Å². The van der Waals surface area contributed by atoms with E-state index in [1.807, 2.05) is 60.9 Å². The van der Waals surface area contributed by atoms with Crippen LogP contribution in [-0.4, -0.2) is 46.2 Å². The Bertz CT molecular complexity index is 2270. The molecular weight excluding hydrogens is 656 g/mol. The number of nitrogens with zero attached hydrogens (tertiary/aromatic N) is 4. The maximum atomic E-state index is 14.3. The van der Waals surface area contributed by atoms with E-state index in [1.165, 1.54) is 19.2 Å². The molecule has 2 heterocycles. The zero-order chi connectivity index (χ0) is 35.5. The highest BCUT2D eigenvalue weighted by Gasteiger charge is 2.27. The second-order valence-electron chi connectivity index (χ2n) is 11.9. The molecule has 4 aromatic carbocycles. The molecule has 0 aliphatic carbocycles. The highest BCUT2D eigenvalue weighted by molar-refractivity contribution is 7.98. The minimum absolute atomic E-state index is 0.304. The molecule has 6 rings (SSSR count). The van der Waals surface area contributed by atoms with Crippen LogP contribution in [0.2, 0.25) is 0 Å². The number of nitriles is 1. The van der Waals surface area contributed by atoms with Gasteiger partial charge in [0.15, 0.2) is 0 Å². The lowest BCUT2D eigenvalue weighted by Gasteiger charge is -2.14. The van der Waals surface area contributed by atoms with Crippen molar-refractivity contribution in [3.8, 4) is 28.7 Å². The first-order valence-corrected chi connectivity index (χ1v) is 17.1. The molecule has 0 atom stereocenters. The molecule has 0 radical (unpaired) electrons. The third-order valence-corrected chi connectivity index (χ3v) is 10.0. The van der Waals surface area contributed by atoms with Crippen molar-refractivity contribution in [2.45, 2.75) is 44.1 Å². The third kappa shape index (κ3) is 6.52. The number of carbonyl (C=O) groups is 1. The lowest BCUT2D eigenvalue weighted by molar-refractivity contribution is 0.0587. The quantitative estimate of drug-likeness (QED) is 0.0784. The van der Waals surface area contributed by atoms with E-state index in [2.05, 4.69) is 11.2 Å².